The first-order valence-corrected chi connectivity index (χ1v) is 9.55. The zero-order valence-electron chi connectivity index (χ0n) is 16.9. The lowest BCUT2D eigenvalue weighted by atomic mass is 10.1. The molecule has 0 radical (unpaired) electrons. The van der Waals surface area contributed by atoms with Gasteiger partial charge in [0, 0.05) is 26.7 Å². The monoisotopic (exact) mass is 387 g/mol. The number of benzene rings is 2. The molecule has 0 aliphatic heterocycles. The number of hydrogen-bond donors (Lipinski definition) is 2. The molecule has 0 unspecified atom stereocenters. The fourth-order valence-corrected chi connectivity index (χ4v) is 2.69. The van der Waals surface area contributed by atoms with Gasteiger partial charge in [0.15, 0.2) is 5.96 Å². The highest BCUT2D eigenvalue weighted by Gasteiger charge is 2.03. The number of ether oxygens (including phenoxy) is 2. The molecular weight excluding hydrogens is 357 g/mol. The summed E-state index contributed by atoms with van der Waals surface area (Å²) in [7, 11) is 1.73. The molecule has 0 spiro atoms. The number of nitrogens with zero attached hydrogens (tertiary/aromatic N) is 1. The normalized spacial score (nSPS) is 11.5. The minimum atomic E-state index is -0.187. The Labute approximate surface area is 167 Å². The van der Waals surface area contributed by atoms with Crippen LogP contribution in [0.15, 0.2) is 47.5 Å². The van der Waals surface area contributed by atoms with Crippen molar-refractivity contribution in [1.29, 1.82) is 0 Å². The predicted molar refractivity (Wildman–Crippen MR) is 111 cm³/mol. The van der Waals surface area contributed by atoms with Gasteiger partial charge in [-0.05, 0) is 42.2 Å². The van der Waals surface area contributed by atoms with Gasteiger partial charge in [-0.2, -0.15) is 0 Å². The van der Waals surface area contributed by atoms with E-state index in [4.69, 9.17) is 9.47 Å². The van der Waals surface area contributed by atoms with Crippen molar-refractivity contribution in [2.75, 3.05) is 26.9 Å². The average Bonchev–Trinajstić information content (AvgIpc) is 2.71. The first-order valence-electron chi connectivity index (χ1n) is 9.55. The minimum absolute atomic E-state index is 0.187. The van der Waals surface area contributed by atoms with Crippen molar-refractivity contribution in [1.82, 2.24) is 10.6 Å². The van der Waals surface area contributed by atoms with Crippen LogP contribution in [0.1, 0.15) is 29.2 Å². The Bertz CT molecular complexity index is 765. The molecule has 0 atom stereocenters. The van der Waals surface area contributed by atoms with E-state index in [0.29, 0.717) is 51.0 Å². The number of nitrogens with one attached hydrogen (secondary N) is 2. The van der Waals surface area contributed by atoms with Gasteiger partial charge in [-0.1, -0.05) is 36.4 Å². The Balaban J connectivity index is 1.79. The zero-order chi connectivity index (χ0) is 20.2. The van der Waals surface area contributed by atoms with Crippen LogP contribution < -0.4 is 10.6 Å². The number of aliphatic imine (C=N–C) groups is 1. The van der Waals surface area contributed by atoms with Crippen molar-refractivity contribution in [3.05, 3.63) is 70.5 Å². The van der Waals surface area contributed by atoms with Crippen molar-refractivity contribution in [3.63, 3.8) is 0 Å². The molecule has 2 N–H and O–H groups in total. The minimum Gasteiger partial charge on any atom is -0.379 e. The molecule has 2 aromatic rings. The fourth-order valence-electron chi connectivity index (χ4n) is 2.69. The van der Waals surface area contributed by atoms with Crippen LogP contribution in [0.2, 0.25) is 0 Å². The van der Waals surface area contributed by atoms with Gasteiger partial charge in [0.05, 0.1) is 19.8 Å². The predicted octanol–water partition coefficient (Wildman–Crippen LogP) is 3.55. The summed E-state index contributed by atoms with van der Waals surface area (Å²) in [4.78, 5) is 4.24. The van der Waals surface area contributed by atoms with E-state index in [-0.39, 0.29) is 5.82 Å². The van der Waals surface area contributed by atoms with E-state index in [1.165, 1.54) is 6.07 Å². The van der Waals surface area contributed by atoms with E-state index in [9.17, 15) is 4.39 Å². The highest BCUT2D eigenvalue weighted by Crippen LogP contribution is 2.09. The molecular formula is C22H30FN3O2. The van der Waals surface area contributed by atoms with Crippen molar-refractivity contribution in [3.8, 4) is 0 Å². The second kappa shape index (κ2) is 12.1. The number of guanidine groups is 1. The quantitative estimate of drug-likeness (QED) is 0.372. The van der Waals surface area contributed by atoms with Gasteiger partial charge in [-0.3, -0.25) is 4.99 Å². The van der Waals surface area contributed by atoms with Gasteiger partial charge in [-0.15, -0.1) is 0 Å². The number of halogens is 1. The molecule has 0 aromatic heterocycles. The Morgan fingerprint density at radius 1 is 0.964 bits per heavy atom. The molecule has 2 aromatic carbocycles. The number of hydrogen-bond acceptors (Lipinski definition) is 3. The molecule has 5 nitrogen and oxygen atoms in total. The van der Waals surface area contributed by atoms with Crippen LogP contribution in [0.3, 0.4) is 0 Å². The summed E-state index contributed by atoms with van der Waals surface area (Å²) < 4.78 is 24.3. The summed E-state index contributed by atoms with van der Waals surface area (Å²) in [5.41, 5.74) is 3.92. The molecule has 0 aliphatic carbocycles. The zero-order valence-corrected chi connectivity index (χ0v) is 16.9. The molecule has 0 amide bonds. The van der Waals surface area contributed by atoms with E-state index in [0.717, 1.165) is 16.7 Å². The van der Waals surface area contributed by atoms with Gasteiger partial charge in [-0.25, -0.2) is 4.39 Å². The summed E-state index contributed by atoms with van der Waals surface area (Å²) in [6, 6.07) is 13.4. The second-order valence-corrected chi connectivity index (χ2v) is 6.43. The third-order valence-corrected chi connectivity index (χ3v) is 4.20. The standard InChI is InChI=1S/C22H30FN3O2/c1-4-27-10-11-28-16-20-7-5-6-18(13-20)14-25-22(24-3)26-15-19-8-9-21(23)17(2)12-19/h5-9,12-13H,4,10-11,14-16H2,1-3H3,(H2,24,25,26). The van der Waals surface area contributed by atoms with E-state index >= 15 is 0 Å². The van der Waals surface area contributed by atoms with Crippen LogP contribution in [-0.4, -0.2) is 32.8 Å². The Kier molecular flexibility index (Phi) is 9.45. The highest BCUT2D eigenvalue weighted by atomic mass is 19.1. The van der Waals surface area contributed by atoms with Gasteiger partial charge in [0.2, 0.25) is 0 Å². The van der Waals surface area contributed by atoms with E-state index in [1.54, 1.807) is 20.0 Å². The third-order valence-electron chi connectivity index (χ3n) is 4.20. The number of aryl methyl sites for hydroxylation is 1. The average molecular weight is 387 g/mol. The summed E-state index contributed by atoms with van der Waals surface area (Å²) in [5, 5.41) is 6.55. The van der Waals surface area contributed by atoms with Gasteiger partial charge in [0.25, 0.3) is 0 Å². The van der Waals surface area contributed by atoms with Crippen LogP contribution in [0.25, 0.3) is 0 Å². The largest absolute Gasteiger partial charge is 0.379 e. The Hall–Kier alpha value is -2.44. The Morgan fingerprint density at radius 2 is 1.64 bits per heavy atom. The summed E-state index contributed by atoms with van der Waals surface area (Å²) in [5.74, 6) is 0.508. The summed E-state index contributed by atoms with van der Waals surface area (Å²) in [6.45, 7) is 7.45. The molecule has 0 saturated heterocycles. The highest BCUT2D eigenvalue weighted by molar-refractivity contribution is 5.79. The van der Waals surface area contributed by atoms with Crippen LogP contribution in [0.4, 0.5) is 4.39 Å². The molecule has 0 heterocycles. The maximum Gasteiger partial charge on any atom is 0.191 e. The van der Waals surface area contributed by atoms with Crippen LogP contribution >= 0.6 is 0 Å². The van der Waals surface area contributed by atoms with Gasteiger partial charge in [0.1, 0.15) is 5.82 Å². The molecule has 0 fully saturated rings. The first kappa shape index (κ1) is 21.9. The van der Waals surface area contributed by atoms with Gasteiger partial charge < -0.3 is 20.1 Å². The maximum absolute atomic E-state index is 13.4. The van der Waals surface area contributed by atoms with E-state index < -0.39 is 0 Å². The smallest absolute Gasteiger partial charge is 0.191 e. The SMILES string of the molecule is CCOCCOCc1cccc(CNC(=NC)NCc2ccc(F)c(C)c2)c1. The second-order valence-electron chi connectivity index (χ2n) is 6.43. The van der Waals surface area contributed by atoms with Crippen molar-refractivity contribution in [2.45, 2.75) is 33.5 Å². The topological polar surface area (TPSA) is 54.9 Å². The van der Waals surface area contributed by atoms with Crippen molar-refractivity contribution >= 4 is 5.96 Å². The molecule has 2 rings (SSSR count). The van der Waals surface area contributed by atoms with E-state index in [1.807, 2.05) is 25.1 Å². The van der Waals surface area contributed by atoms with Crippen molar-refractivity contribution in [2.24, 2.45) is 4.99 Å². The first-order chi connectivity index (χ1) is 13.6. The lowest BCUT2D eigenvalue weighted by Gasteiger charge is -2.13. The molecule has 152 valence electrons. The molecule has 0 aliphatic rings. The molecule has 28 heavy (non-hydrogen) atoms. The molecule has 6 heteroatoms. The fraction of sp³-hybridized carbons (Fsp3) is 0.409. The van der Waals surface area contributed by atoms with Crippen LogP contribution in [0.5, 0.6) is 0 Å². The lowest BCUT2D eigenvalue weighted by molar-refractivity contribution is 0.0453. The van der Waals surface area contributed by atoms with E-state index in [2.05, 4.69) is 27.8 Å². The summed E-state index contributed by atoms with van der Waals surface area (Å²) >= 11 is 0. The van der Waals surface area contributed by atoms with Crippen molar-refractivity contribution < 1.29 is 13.9 Å². The third kappa shape index (κ3) is 7.66. The van der Waals surface area contributed by atoms with Gasteiger partial charge >= 0.3 is 0 Å². The van der Waals surface area contributed by atoms with Crippen LogP contribution in [-0.2, 0) is 29.2 Å². The summed E-state index contributed by atoms with van der Waals surface area (Å²) in [6.07, 6.45) is 0. The number of rotatable bonds is 10. The van der Waals surface area contributed by atoms with Crippen LogP contribution in [0, 0.1) is 12.7 Å². The molecule has 0 bridgehead atoms. The maximum atomic E-state index is 13.4. The Morgan fingerprint density at radius 3 is 2.32 bits per heavy atom. The lowest BCUT2D eigenvalue weighted by Crippen LogP contribution is -2.36. The molecule has 0 saturated carbocycles.